The van der Waals surface area contributed by atoms with Gasteiger partial charge < -0.3 is 9.73 Å². The van der Waals surface area contributed by atoms with Crippen LogP contribution in [0.5, 0.6) is 0 Å². The fourth-order valence-corrected chi connectivity index (χ4v) is 3.79. The Morgan fingerprint density at radius 3 is 2.62 bits per heavy atom. The van der Waals surface area contributed by atoms with E-state index in [1.165, 1.54) is 11.3 Å². The van der Waals surface area contributed by atoms with E-state index in [0.717, 1.165) is 26.9 Å². The predicted molar refractivity (Wildman–Crippen MR) is 113 cm³/mol. The Morgan fingerprint density at radius 2 is 1.83 bits per heavy atom. The van der Waals surface area contributed by atoms with Crippen LogP contribution in [0, 0.1) is 0 Å². The minimum absolute atomic E-state index is 0.531. The van der Waals surface area contributed by atoms with Crippen LogP contribution in [0.25, 0.3) is 27.7 Å². The number of anilines is 1. The number of imidazole rings is 1. The van der Waals surface area contributed by atoms with Crippen LogP contribution in [0.1, 0.15) is 5.89 Å². The zero-order valence-electron chi connectivity index (χ0n) is 15.1. The molecule has 0 radical (unpaired) electrons. The van der Waals surface area contributed by atoms with E-state index in [0.29, 0.717) is 29.8 Å². The summed E-state index contributed by atoms with van der Waals surface area (Å²) in [5.41, 5.74) is 2.79. The van der Waals surface area contributed by atoms with Crippen molar-refractivity contribution in [3.63, 3.8) is 0 Å². The summed E-state index contributed by atoms with van der Waals surface area (Å²) in [7, 11) is 0. The molecule has 0 atom stereocenters. The van der Waals surface area contributed by atoms with Gasteiger partial charge in [-0.2, -0.15) is 0 Å². The van der Waals surface area contributed by atoms with Crippen molar-refractivity contribution < 1.29 is 4.42 Å². The summed E-state index contributed by atoms with van der Waals surface area (Å²) in [6.45, 7) is 0.636. The molecule has 0 aliphatic heterocycles. The number of fused-ring (bicyclic) bond motifs is 1. The molecule has 144 valence electrons. The van der Waals surface area contributed by atoms with Gasteiger partial charge in [-0.25, -0.2) is 9.50 Å². The van der Waals surface area contributed by atoms with E-state index < -0.39 is 0 Å². The van der Waals surface area contributed by atoms with Crippen molar-refractivity contribution in [1.82, 2.24) is 24.8 Å². The molecule has 3 heterocycles. The van der Waals surface area contributed by atoms with Gasteiger partial charge in [-0.1, -0.05) is 53.3 Å². The lowest BCUT2D eigenvalue weighted by atomic mass is 10.2. The number of nitrogens with one attached hydrogen (secondary N) is 1. The Kier molecular flexibility index (Phi) is 4.71. The summed E-state index contributed by atoms with van der Waals surface area (Å²) in [4.78, 5) is 5.45. The van der Waals surface area contributed by atoms with Crippen molar-refractivity contribution in [2.75, 3.05) is 11.9 Å². The normalized spacial score (nSPS) is 11.2. The summed E-state index contributed by atoms with van der Waals surface area (Å²) in [6.07, 6.45) is 2.52. The summed E-state index contributed by atoms with van der Waals surface area (Å²) < 4.78 is 7.49. The van der Waals surface area contributed by atoms with E-state index in [1.54, 1.807) is 4.52 Å². The Morgan fingerprint density at radius 1 is 1.00 bits per heavy atom. The van der Waals surface area contributed by atoms with Crippen molar-refractivity contribution in [2.45, 2.75) is 6.42 Å². The lowest BCUT2D eigenvalue weighted by Gasteiger charge is -1.98. The lowest BCUT2D eigenvalue weighted by molar-refractivity contribution is 0.509. The summed E-state index contributed by atoms with van der Waals surface area (Å²) >= 11 is 7.43. The van der Waals surface area contributed by atoms with E-state index in [9.17, 15) is 0 Å². The Hall–Kier alpha value is -3.23. The van der Waals surface area contributed by atoms with Crippen molar-refractivity contribution in [3.05, 3.63) is 71.7 Å². The molecule has 2 aromatic carbocycles. The van der Waals surface area contributed by atoms with Crippen molar-refractivity contribution in [2.24, 2.45) is 0 Å². The molecule has 0 aliphatic rings. The molecular weight excluding hydrogens is 408 g/mol. The van der Waals surface area contributed by atoms with Crippen molar-refractivity contribution in [3.8, 4) is 22.7 Å². The second-order valence-corrected chi connectivity index (χ2v) is 7.70. The maximum atomic E-state index is 5.94. The Labute approximate surface area is 175 Å². The highest BCUT2D eigenvalue weighted by Crippen LogP contribution is 2.25. The van der Waals surface area contributed by atoms with Crippen molar-refractivity contribution in [1.29, 1.82) is 0 Å². The van der Waals surface area contributed by atoms with Crippen LogP contribution in [0.15, 0.2) is 65.2 Å². The largest absolute Gasteiger partial charge is 0.421 e. The van der Waals surface area contributed by atoms with Crippen LogP contribution in [-0.4, -0.2) is 31.3 Å². The minimum Gasteiger partial charge on any atom is -0.421 e. The molecule has 0 unspecified atom stereocenters. The Balaban J connectivity index is 1.22. The van der Waals surface area contributed by atoms with Crippen LogP contribution in [0.2, 0.25) is 5.02 Å². The molecule has 5 aromatic rings. The zero-order chi connectivity index (χ0) is 19.6. The molecule has 29 heavy (non-hydrogen) atoms. The van der Waals surface area contributed by atoms with Crippen LogP contribution < -0.4 is 5.32 Å². The molecule has 7 nitrogen and oxygen atoms in total. The Bertz CT molecular complexity index is 1210. The molecule has 0 aliphatic carbocycles. The van der Waals surface area contributed by atoms with Crippen molar-refractivity contribution >= 4 is 33.0 Å². The minimum atomic E-state index is 0.531. The van der Waals surface area contributed by atoms with Crippen LogP contribution in [-0.2, 0) is 6.42 Å². The maximum absolute atomic E-state index is 5.94. The first-order valence-corrected chi connectivity index (χ1v) is 10.2. The van der Waals surface area contributed by atoms with E-state index >= 15 is 0 Å². The molecule has 0 spiro atoms. The molecular formula is C20H15ClN6OS. The number of benzene rings is 2. The third-order valence-electron chi connectivity index (χ3n) is 4.29. The van der Waals surface area contributed by atoms with E-state index in [1.807, 2.05) is 60.8 Å². The number of hydrogen-bond donors (Lipinski definition) is 1. The smallest absolute Gasteiger partial charge is 0.247 e. The van der Waals surface area contributed by atoms with Crippen LogP contribution in [0.3, 0.4) is 0 Å². The average Bonchev–Trinajstić information content (AvgIpc) is 3.44. The first-order valence-electron chi connectivity index (χ1n) is 8.98. The second kappa shape index (κ2) is 7.65. The predicted octanol–water partition coefficient (Wildman–Crippen LogP) is 4.82. The number of rotatable bonds is 6. The average molecular weight is 423 g/mol. The number of aromatic nitrogens is 5. The molecule has 0 bridgehead atoms. The van der Waals surface area contributed by atoms with E-state index in [2.05, 4.69) is 25.6 Å². The molecule has 0 saturated carbocycles. The van der Waals surface area contributed by atoms with E-state index in [-0.39, 0.29) is 0 Å². The quantitative estimate of drug-likeness (QED) is 0.422. The fourth-order valence-electron chi connectivity index (χ4n) is 2.86. The van der Waals surface area contributed by atoms with Gasteiger partial charge in [0, 0.05) is 29.1 Å². The molecule has 9 heteroatoms. The zero-order valence-corrected chi connectivity index (χ0v) is 16.7. The molecule has 3 aromatic heterocycles. The molecule has 0 fully saturated rings. The van der Waals surface area contributed by atoms with Gasteiger partial charge in [0.25, 0.3) is 0 Å². The van der Waals surface area contributed by atoms with Gasteiger partial charge in [-0.15, -0.1) is 15.3 Å². The topological polar surface area (TPSA) is 81.1 Å². The number of nitrogens with zero attached hydrogens (tertiary/aromatic N) is 5. The van der Waals surface area contributed by atoms with Gasteiger partial charge in [0.1, 0.15) is 0 Å². The molecule has 0 saturated heterocycles. The number of hydrogen-bond acceptors (Lipinski definition) is 7. The fraction of sp³-hybridized carbons (Fsp3) is 0.100. The SMILES string of the molecule is Clc1ccc(-c2cn3nc(NCCc4nnc(-c5ccccc5)o4)sc3n2)cc1. The van der Waals surface area contributed by atoms with Gasteiger partial charge in [0.2, 0.25) is 21.9 Å². The van der Waals surface area contributed by atoms with Gasteiger partial charge in [0.15, 0.2) is 0 Å². The van der Waals surface area contributed by atoms with Gasteiger partial charge in [-0.3, -0.25) is 0 Å². The highest BCUT2D eigenvalue weighted by Gasteiger charge is 2.11. The number of halogens is 1. The second-order valence-electron chi connectivity index (χ2n) is 6.31. The first kappa shape index (κ1) is 17.8. The van der Waals surface area contributed by atoms with Crippen LogP contribution >= 0.6 is 22.9 Å². The van der Waals surface area contributed by atoms with Gasteiger partial charge in [0.05, 0.1) is 11.9 Å². The monoisotopic (exact) mass is 422 g/mol. The third kappa shape index (κ3) is 3.85. The van der Waals surface area contributed by atoms with E-state index in [4.69, 9.17) is 16.0 Å². The van der Waals surface area contributed by atoms with Crippen LogP contribution in [0.4, 0.5) is 5.13 Å². The molecule has 1 N–H and O–H groups in total. The van der Waals surface area contributed by atoms with Gasteiger partial charge >= 0.3 is 0 Å². The highest BCUT2D eigenvalue weighted by atomic mass is 35.5. The first-order chi connectivity index (χ1) is 14.2. The summed E-state index contributed by atoms with van der Waals surface area (Å²) in [5.74, 6) is 1.12. The highest BCUT2D eigenvalue weighted by molar-refractivity contribution is 7.20. The third-order valence-corrected chi connectivity index (χ3v) is 5.42. The summed E-state index contributed by atoms with van der Waals surface area (Å²) in [5, 5.41) is 17.5. The summed E-state index contributed by atoms with van der Waals surface area (Å²) in [6, 6.07) is 17.3. The molecule has 0 amide bonds. The molecule has 5 rings (SSSR count). The standard InChI is InChI=1S/C20H15ClN6OS/c21-15-8-6-13(7-9-15)16-12-27-20(23-16)29-19(26-27)22-11-10-17-24-25-18(28-17)14-4-2-1-3-5-14/h1-9,12H,10-11H2,(H,22,26). The maximum Gasteiger partial charge on any atom is 0.247 e. The lowest BCUT2D eigenvalue weighted by Crippen LogP contribution is -2.05. The van der Waals surface area contributed by atoms with Gasteiger partial charge in [-0.05, 0) is 24.3 Å².